The number of H-pyrrole nitrogens is 1. The predicted molar refractivity (Wildman–Crippen MR) is 103 cm³/mol. The number of phenols is 1. The van der Waals surface area contributed by atoms with Gasteiger partial charge in [-0.2, -0.15) is 0 Å². The summed E-state index contributed by atoms with van der Waals surface area (Å²) >= 11 is 0. The van der Waals surface area contributed by atoms with E-state index in [2.05, 4.69) is 15.3 Å². The summed E-state index contributed by atoms with van der Waals surface area (Å²) in [7, 11) is -3.98. The van der Waals surface area contributed by atoms with Crippen molar-refractivity contribution in [3.8, 4) is 11.4 Å². The van der Waals surface area contributed by atoms with Crippen molar-refractivity contribution in [2.24, 2.45) is 10.2 Å². The average molecular weight is 417 g/mol. The number of nitro groups is 1. The summed E-state index contributed by atoms with van der Waals surface area (Å²) in [5, 5.41) is 31.4. The number of aromatic hydroxyl groups is 1. The molecule has 1 aromatic heterocycles. The molecule has 3 rings (SSSR count). The van der Waals surface area contributed by atoms with E-state index < -0.39 is 36.7 Å². The molecule has 29 heavy (non-hydrogen) atoms. The number of aryl methyl sites for hydroxylation is 1. The maximum absolute atomic E-state index is 12.6. The van der Waals surface area contributed by atoms with Gasteiger partial charge in [-0.3, -0.25) is 20.0 Å². The number of sulfone groups is 1. The number of hydrogen-bond donors (Lipinski definition) is 2. The van der Waals surface area contributed by atoms with E-state index in [-0.39, 0.29) is 11.4 Å². The number of benzene rings is 2. The summed E-state index contributed by atoms with van der Waals surface area (Å²) in [5.41, 5.74) is -0.739. The highest BCUT2D eigenvalue weighted by atomic mass is 32.2. The van der Waals surface area contributed by atoms with E-state index in [1.54, 1.807) is 37.3 Å². The number of para-hydroxylation sites is 1. The van der Waals surface area contributed by atoms with Crippen molar-refractivity contribution in [3.63, 3.8) is 0 Å². The third kappa shape index (κ3) is 3.91. The van der Waals surface area contributed by atoms with Crippen molar-refractivity contribution >= 4 is 26.9 Å². The maximum atomic E-state index is 12.6. The zero-order chi connectivity index (χ0) is 21.3. The second-order valence-corrected chi connectivity index (χ2v) is 8.08. The Kier molecular flexibility index (Phi) is 5.03. The van der Waals surface area contributed by atoms with E-state index in [9.17, 15) is 28.4 Å². The first-order chi connectivity index (χ1) is 13.6. The number of nitrogens with zero attached hydrogens (tertiary/aromatic N) is 4. The minimum absolute atomic E-state index is 0.0625. The zero-order valence-electron chi connectivity index (χ0n) is 15.2. The number of rotatable bonds is 5. The van der Waals surface area contributed by atoms with Crippen molar-refractivity contribution in [2.75, 3.05) is 6.26 Å². The van der Waals surface area contributed by atoms with Crippen molar-refractivity contribution in [1.82, 2.24) is 9.78 Å². The SMILES string of the molecule is Cc1[nH]n(-c2ccccc2)c(=O)c1N=Nc1cc(S(C)(=O)=O)c([N+](=O)[O-])cc1O. The van der Waals surface area contributed by atoms with Gasteiger partial charge in [0.2, 0.25) is 0 Å². The zero-order valence-corrected chi connectivity index (χ0v) is 16.0. The van der Waals surface area contributed by atoms with Crippen LogP contribution in [-0.4, -0.2) is 34.5 Å². The van der Waals surface area contributed by atoms with Gasteiger partial charge in [0.15, 0.2) is 15.5 Å². The second-order valence-electron chi connectivity index (χ2n) is 6.10. The van der Waals surface area contributed by atoms with E-state index in [1.807, 2.05) is 0 Å². The van der Waals surface area contributed by atoms with Gasteiger partial charge in [0.25, 0.3) is 11.2 Å². The second kappa shape index (κ2) is 7.31. The van der Waals surface area contributed by atoms with Crippen LogP contribution in [0.25, 0.3) is 5.69 Å². The van der Waals surface area contributed by atoms with Crippen LogP contribution < -0.4 is 5.56 Å². The van der Waals surface area contributed by atoms with Gasteiger partial charge in [-0.15, -0.1) is 10.2 Å². The summed E-state index contributed by atoms with van der Waals surface area (Å²) in [6.45, 7) is 1.59. The lowest BCUT2D eigenvalue weighted by Crippen LogP contribution is -2.13. The van der Waals surface area contributed by atoms with E-state index in [1.165, 1.54) is 4.68 Å². The largest absolute Gasteiger partial charge is 0.505 e. The summed E-state index contributed by atoms with van der Waals surface area (Å²) in [6, 6.07) is 10.2. The summed E-state index contributed by atoms with van der Waals surface area (Å²) < 4.78 is 24.9. The highest BCUT2D eigenvalue weighted by Gasteiger charge is 2.25. The molecule has 1 heterocycles. The van der Waals surface area contributed by atoms with Crippen LogP contribution in [0.1, 0.15) is 5.69 Å². The Morgan fingerprint density at radius 1 is 1.17 bits per heavy atom. The lowest BCUT2D eigenvalue weighted by Gasteiger charge is -2.03. The molecule has 3 aromatic rings. The molecular weight excluding hydrogens is 402 g/mol. The van der Waals surface area contributed by atoms with Crippen molar-refractivity contribution in [3.05, 3.63) is 68.6 Å². The molecule has 0 aliphatic heterocycles. The predicted octanol–water partition coefficient (Wildman–Crippen LogP) is 2.91. The molecule has 0 saturated carbocycles. The van der Waals surface area contributed by atoms with Crippen LogP contribution >= 0.6 is 0 Å². The molecule has 0 saturated heterocycles. The molecular formula is C17H15N5O6S. The number of phenolic OH excluding ortho intramolecular Hbond substituents is 1. The molecule has 12 heteroatoms. The monoisotopic (exact) mass is 417 g/mol. The summed E-state index contributed by atoms with van der Waals surface area (Å²) in [6.07, 6.45) is 0.794. The van der Waals surface area contributed by atoms with E-state index in [0.717, 1.165) is 12.3 Å². The van der Waals surface area contributed by atoms with E-state index >= 15 is 0 Å². The maximum Gasteiger partial charge on any atom is 0.299 e. The Balaban J connectivity index is 2.09. The number of azo groups is 1. The van der Waals surface area contributed by atoms with E-state index in [0.29, 0.717) is 17.4 Å². The highest BCUT2D eigenvalue weighted by molar-refractivity contribution is 7.90. The molecule has 0 amide bonds. The Bertz CT molecular complexity index is 1290. The van der Waals surface area contributed by atoms with Crippen LogP contribution in [-0.2, 0) is 9.84 Å². The Labute approximate surface area is 164 Å². The van der Waals surface area contributed by atoms with Crippen LogP contribution in [0.3, 0.4) is 0 Å². The fourth-order valence-electron chi connectivity index (χ4n) is 2.58. The summed E-state index contributed by atoms with van der Waals surface area (Å²) in [4.78, 5) is 22.1. The fraction of sp³-hybridized carbons (Fsp3) is 0.118. The Morgan fingerprint density at radius 3 is 2.41 bits per heavy atom. The Hall–Kier alpha value is -3.80. The molecule has 0 spiro atoms. The van der Waals surface area contributed by atoms with Crippen molar-refractivity contribution in [1.29, 1.82) is 0 Å². The molecule has 150 valence electrons. The molecule has 0 aliphatic carbocycles. The van der Waals surface area contributed by atoms with Crippen molar-refractivity contribution < 1.29 is 18.4 Å². The summed E-state index contributed by atoms with van der Waals surface area (Å²) in [5.74, 6) is -0.649. The lowest BCUT2D eigenvalue weighted by molar-refractivity contribution is -0.387. The van der Waals surface area contributed by atoms with Crippen LogP contribution in [0, 0.1) is 17.0 Å². The van der Waals surface area contributed by atoms with Gasteiger partial charge in [-0.05, 0) is 25.1 Å². The topological polar surface area (TPSA) is 160 Å². The molecule has 0 atom stereocenters. The molecule has 2 N–H and O–H groups in total. The van der Waals surface area contributed by atoms with Gasteiger partial charge in [-0.1, -0.05) is 18.2 Å². The molecule has 0 aliphatic rings. The third-order valence-electron chi connectivity index (χ3n) is 3.96. The van der Waals surface area contributed by atoms with Crippen LogP contribution in [0.15, 0.2) is 62.4 Å². The van der Waals surface area contributed by atoms with Gasteiger partial charge in [-0.25, -0.2) is 13.1 Å². The molecule has 0 radical (unpaired) electrons. The van der Waals surface area contributed by atoms with Crippen molar-refractivity contribution in [2.45, 2.75) is 11.8 Å². The smallest absolute Gasteiger partial charge is 0.299 e. The van der Waals surface area contributed by atoms with Gasteiger partial charge in [0.05, 0.1) is 22.4 Å². The minimum atomic E-state index is -3.98. The number of nitrogens with one attached hydrogen (secondary N) is 1. The number of aromatic amines is 1. The molecule has 0 fully saturated rings. The first-order valence-corrected chi connectivity index (χ1v) is 9.99. The normalized spacial score (nSPS) is 11.8. The molecule has 0 bridgehead atoms. The number of aromatic nitrogens is 2. The fourth-order valence-corrected chi connectivity index (χ4v) is 3.42. The first-order valence-electron chi connectivity index (χ1n) is 8.10. The quantitative estimate of drug-likeness (QED) is 0.369. The standard InChI is InChI=1S/C17H15N5O6S/c1-10-16(17(24)21(20-10)11-6-4-3-5-7-11)19-18-12-8-15(29(2,27)28)13(22(25)26)9-14(12)23/h3-9,20,23H,1-2H3. The van der Waals surface area contributed by atoms with Gasteiger partial charge >= 0.3 is 0 Å². The Morgan fingerprint density at radius 2 is 1.83 bits per heavy atom. The van der Waals surface area contributed by atoms with Gasteiger partial charge in [0, 0.05) is 6.26 Å². The minimum Gasteiger partial charge on any atom is -0.505 e. The van der Waals surface area contributed by atoms with Crippen LogP contribution in [0.4, 0.5) is 17.1 Å². The lowest BCUT2D eigenvalue weighted by atomic mass is 10.2. The van der Waals surface area contributed by atoms with Gasteiger partial charge in [0.1, 0.15) is 16.3 Å². The third-order valence-corrected chi connectivity index (χ3v) is 5.09. The number of nitro benzene ring substituents is 1. The highest BCUT2D eigenvalue weighted by Crippen LogP contribution is 2.37. The molecule has 11 nitrogen and oxygen atoms in total. The molecule has 2 aromatic carbocycles. The van der Waals surface area contributed by atoms with E-state index in [4.69, 9.17) is 0 Å². The first kappa shape index (κ1) is 19.9. The number of hydrogen-bond acceptors (Lipinski definition) is 8. The van der Waals surface area contributed by atoms with Crippen LogP contribution in [0.2, 0.25) is 0 Å². The van der Waals surface area contributed by atoms with Gasteiger partial charge < -0.3 is 5.11 Å². The molecule has 0 unspecified atom stereocenters. The average Bonchev–Trinajstić information content (AvgIpc) is 2.94. The van der Waals surface area contributed by atoms with Crippen LogP contribution in [0.5, 0.6) is 5.75 Å².